The molecule has 2 aromatic carbocycles. The molecule has 1 heterocycles. The molecule has 0 atom stereocenters. The van der Waals surface area contributed by atoms with Crippen LogP contribution >= 0.6 is 0 Å². The van der Waals surface area contributed by atoms with Crippen molar-refractivity contribution in [3.63, 3.8) is 0 Å². The zero-order chi connectivity index (χ0) is 20.1. The van der Waals surface area contributed by atoms with Crippen molar-refractivity contribution in [1.29, 1.82) is 0 Å². The molecule has 3 rings (SSSR count). The summed E-state index contributed by atoms with van der Waals surface area (Å²) >= 11 is 0. The van der Waals surface area contributed by atoms with Crippen molar-refractivity contribution in [3.05, 3.63) is 65.4 Å². The van der Waals surface area contributed by atoms with E-state index in [9.17, 15) is 14.4 Å². The second-order valence-electron chi connectivity index (χ2n) is 6.50. The van der Waals surface area contributed by atoms with Gasteiger partial charge in [0.2, 0.25) is 0 Å². The molecule has 1 aromatic heterocycles. The van der Waals surface area contributed by atoms with Crippen LogP contribution in [0.15, 0.2) is 48.7 Å². The lowest BCUT2D eigenvalue weighted by Gasteiger charge is -2.09. The standard InChI is InChI=1S/C21H21N3O4/c1-13-7-8-16(9-14(13)2)23-21(27)24-19(25)12-28-20(26)10-15-11-22-18-6-4-3-5-17(15)18/h3-9,11,22H,10,12H2,1-2H3,(H2,23,24,25,27). The Kier molecular flexibility index (Phi) is 5.74. The molecular weight excluding hydrogens is 358 g/mol. The summed E-state index contributed by atoms with van der Waals surface area (Å²) in [6.07, 6.45) is 1.77. The quantitative estimate of drug-likeness (QED) is 0.593. The topological polar surface area (TPSA) is 100 Å². The van der Waals surface area contributed by atoms with Gasteiger partial charge in [-0.2, -0.15) is 0 Å². The van der Waals surface area contributed by atoms with E-state index in [0.717, 1.165) is 27.6 Å². The highest BCUT2D eigenvalue weighted by Gasteiger charge is 2.13. The maximum atomic E-state index is 12.0. The minimum atomic E-state index is -0.700. The number of benzene rings is 2. The van der Waals surface area contributed by atoms with Crippen LogP contribution in [0.5, 0.6) is 0 Å². The molecule has 3 amide bonds. The number of anilines is 1. The molecule has 0 unspecified atom stereocenters. The predicted molar refractivity (Wildman–Crippen MR) is 106 cm³/mol. The van der Waals surface area contributed by atoms with Crippen LogP contribution in [-0.2, 0) is 20.7 Å². The maximum Gasteiger partial charge on any atom is 0.325 e. The summed E-state index contributed by atoms with van der Waals surface area (Å²) < 4.78 is 4.97. The number of carbonyl (C=O) groups excluding carboxylic acids is 3. The third-order valence-electron chi connectivity index (χ3n) is 4.39. The minimum Gasteiger partial charge on any atom is -0.455 e. The van der Waals surface area contributed by atoms with Gasteiger partial charge in [-0.3, -0.25) is 14.9 Å². The smallest absolute Gasteiger partial charge is 0.325 e. The Hall–Kier alpha value is -3.61. The van der Waals surface area contributed by atoms with E-state index < -0.39 is 24.5 Å². The number of imide groups is 1. The summed E-state index contributed by atoms with van der Waals surface area (Å²) in [6.45, 7) is 3.37. The van der Waals surface area contributed by atoms with Crippen LogP contribution in [0.2, 0.25) is 0 Å². The van der Waals surface area contributed by atoms with E-state index in [1.807, 2.05) is 44.2 Å². The van der Waals surface area contributed by atoms with Crippen molar-refractivity contribution >= 4 is 34.5 Å². The molecular formula is C21H21N3O4. The molecule has 144 valence electrons. The molecule has 7 nitrogen and oxygen atoms in total. The normalized spacial score (nSPS) is 10.5. The highest BCUT2D eigenvalue weighted by molar-refractivity contribution is 6.02. The molecule has 0 saturated carbocycles. The van der Waals surface area contributed by atoms with Crippen LogP contribution in [0.1, 0.15) is 16.7 Å². The van der Waals surface area contributed by atoms with Crippen LogP contribution in [0, 0.1) is 13.8 Å². The molecule has 0 aliphatic carbocycles. The minimum absolute atomic E-state index is 0.0339. The van der Waals surface area contributed by atoms with Crippen LogP contribution in [0.25, 0.3) is 10.9 Å². The Bertz CT molecular complexity index is 1040. The van der Waals surface area contributed by atoms with Crippen molar-refractivity contribution in [1.82, 2.24) is 10.3 Å². The first-order valence-electron chi connectivity index (χ1n) is 8.81. The van der Waals surface area contributed by atoms with Gasteiger partial charge in [-0.15, -0.1) is 0 Å². The first-order chi connectivity index (χ1) is 13.4. The molecule has 0 aliphatic heterocycles. The van der Waals surface area contributed by atoms with Gasteiger partial charge in [-0.25, -0.2) is 4.79 Å². The van der Waals surface area contributed by atoms with Gasteiger partial charge in [0.15, 0.2) is 6.61 Å². The van der Waals surface area contributed by atoms with Crippen molar-refractivity contribution in [2.45, 2.75) is 20.3 Å². The fourth-order valence-electron chi connectivity index (χ4n) is 2.77. The van der Waals surface area contributed by atoms with E-state index >= 15 is 0 Å². The van der Waals surface area contributed by atoms with Crippen LogP contribution in [-0.4, -0.2) is 29.5 Å². The van der Waals surface area contributed by atoms with Gasteiger partial charge in [-0.1, -0.05) is 24.3 Å². The zero-order valence-electron chi connectivity index (χ0n) is 15.7. The molecule has 0 bridgehead atoms. The molecule has 0 spiro atoms. The highest BCUT2D eigenvalue weighted by atomic mass is 16.5. The summed E-state index contributed by atoms with van der Waals surface area (Å²) in [6, 6.07) is 12.3. The Morgan fingerprint density at radius 3 is 2.61 bits per heavy atom. The maximum absolute atomic E-state index is 12.0. The molecule has 0 radical (unpaired) electrons. The molecule has 7 heteroatoms. The number of nitrogens with one attached hydrogen (secondary N) is 3. The average molecular weight is 379 g/mol. The number of hydrogen-bond donors (Lipinski definition) is 3. The third-order valence-corrected chi connectivity index (χ3v) is 4.39. The summed E-state index contributed by atoms with van der Waals surface area (Å²) in [5.74, 6) is -1.25. The second kappa shape index (κ2) is 8.39. The average Bonchev–Trinajstić information content (AvgIpc) is 3.06. The number of aryl methyl sites for hydroxylation is 2. The lowest BCUT2D eigenvalue weighted by molar-refractivity contribution is -0.147. The lowest BCUT2D eigenvalue weighted by atomic mass is 10.1. The van der Waals surface area contributed by atoms with E-state index in [0.29, 0.717) is 5.69 Å². The van der Waals surface area contributed by atoms with Crippen molar-refractivity contribution < 1.29 is 19.1 Å². The van der Waals surface area contributed by atoms with Gasteiger partial charge in [0, 0.05) is 22.8 Å². The van der Waals surface area contributed by atoms with Crippen molar-refractivity contribution in [3.8, 4) is 0 Å². The number of fused-ring (bicyclic) bond motifs is 1. The number of H-pyrrole nitrogens is 1. The molecule has 0 aliphatic rings. The number of ether oxygens (including phenoxy) is 1. The van der Waals surface area contributed by atoms with Crippen LogP contribution < -0.4 is 10.6 Å². The summed E-state index contributed by atoms with van der Waals surface area (Å²) in [7, 11) is 0. The Morgan fingerprint density at radius 1 is 1.04 bits per heavy atom. The first-order valence-corrected chi connectivity index (χ1v) is 8.81. The number of aromatic amines is 1. The number of rotatable bonds is 5. The second-order valence-corrected chi connectivity index (χ2v) is 6.50. The van der Waals surface area contributed by atoms with E-state index in [4.69, 9.17) is 4.74 Å². The highest BCUT2D eigenvalue weighted by Crippen LogP contribution is 2.18. The fraction of sp³-hybridized carbons (Fsp3) is 0.190. The van der Waals surface area contributed by atoms with Gasteiger partial charge >= 0.3 is 12.0 Å². The predicted octanol–water partition coefficient (Wildman–Crippen LogP) is 3.22. The molecule has 28 heavy (non-hydrogen) atoms. The Labute approximate surface area is 162 Å². The number of aromatic nitrogens is 1. The van der Waals surface area contributed by atoms with Gasteiger partial charge in [0.1, 0.15) is 0 Å². The molecule has 3 N–H and O–H groups in total. The third kappa shape index (κ3) is 4.76. The van der Waals surface area contributed by atoms with Gasteiger partial charge in [0.25, 0.3) is 5.91 Å². The Balaban J connectivity index is 1.46. The van der Waals surface area contributed by atoms with E-state index in [1.54, 1.807) is 18.3 Å². The number of para-hydroxylation sites is 1. The van der Waals surface area contributed by atoms with E-state index in [1.165, 1.54) is 0 Å². The zero-order valence-corrected chi connectivity index (χ0v) is 15.7. The number of amides is 3. The van der Waals surface area contributed by atoms with Crippen molar-refractivity contribution in [2.75, 3.05) is 11.9 Å². The summed E-state index contributed by atoms with van der Waals surface area (Å²) in [5, 5.41) is 5.63. The molecule has 3 aromatic rings. The van der Waals surface area contributed by atoms with Crippen LogP contribution in [0.3, 0.4) is 0 Å². The molecule has 0 saturated heterocycles. The Morgan fingerprint density at radius 2 is 1.82 bits per heavy atom. The van der Waals surface area contributed by atoms with Crippen LogP contribution in [0.4, 0.5) is 10.5 Å². The monoisotopic (exact) mass is 379 g/mol. The summed E-state index contributed by atoms with van der Waals surface area (Å²) in [5.41, 5.74) is 4.41. The van der Waals surface area contributed by atoms with Gasteiger partial charge in [0.05, 0.1) is 6.42 Å². The number of carbonyl (C=O) groups is 3. The van der Waals surface area contributed by atoms with Crippen molar-refractivity contribution in [2.24, 2.45) is 0 Å². The molecule has 0 fully saturated rings. The SMILES string of the molecule is Cc1ccc(NC(=O)NC(=O)COC(=O)Cc2c[nH]c3ccccc23)cc1C. The van der Waals surface area contributed by atoms with E-state index in [-0.39, 0.29) is 6.42 Å². The fourth-order valence-corrected chi connectivity index (χ4v) is 2.77. The van der Waals surface area contributed by atoms with E-state index in [2.05, 4.69) is 15.6 Å². The summed E-state index contributed by atoms with van der Waals surface area (Å²) in [4.78, 5) is 38.8. The first kappa shape index (κ1) is 19.2. The number of esters is 1. The largest absolute Gasteiger partial charge is 0.455 e. The number of hydrogen-bond acceptors (Lipinski definition) is 4. The van der Waals surface area contributed by atoms with Gasteiger partial charge < -0.3 is 15.0 Å². The number of urea groups is 1. The lowest BCUT2D eigenvalue weighted by Crippen LogP contribution is -2.37. The van der Waals surface area contributed by atoms with Gasteiger partial charge in [-0.05, 0) is 48.7 Å².